The summed E-state index contributed by atoms with van der Waals surface area (Å²) in [5.74, 6) is -0.304. The fourth-order valence-corrected chi connectivity index (χ4v) is 4.37. The van der Waals surface area contributed by atoms with Crippen LogP contribution in [0.1, 0.15) is 37.7 Å². The van der Waals surface area contributed by atoms with E-state index in [2.05, 4.69) is 0 Å². The smallest absolute Gasteiger partial charge is 0.323 e. The summed E-state index contributed by atoms with van der Waals surface area (Å²) in [4.78, 5) is 22.1. The van der Waals surface area contributed by atoms with Crippen LogP contribution in [0, 0.1) is 5.92 Å². The number of hydrogen-bond acceptors (Lipinski definition) is 3. The second-order valence-corrected chi connectivity index (χ2v) is 8.30. The lowest BCUT2D eigenvalue weighted by molar-refractivity contribution is -0.138. The maximum atomic E-state index is 11.1. The summed E-state index contributed by atoms with van der Waals surface area (Å²) >= 11 is 0. The number of fused-ring (bicyclic) bond motifs is 1. The third kappa shape index (κ3) is 5.08. The molecule has 1 fully saturated rings. The highest BCUT2D eigenvalue weighted by molar-refractivity contribution is 5.87. The molecule has 1 saturated carbocycles. The van der Waals surface area contributed by atoms with Gasteiger partial charge >= 0.3 is 11.9 Å². The van der Waals surface area contributed by atoms with Crippen LogP contribution in [0.15, 0.2) is 48.7 Å². The molecule has 6 heteroatoms. The van der Waals surface area contributed by atoms with E-state index in [0.717, 1.165) is 33.3 Å². The fourth-order valence-electron chi connectivity index (χ4n) is 4.37. The Morgan fingerprint density at radius 2 is 1.81 bits per heavy atom. The van der Waals surface area contributed by atoms with E-state index in [9.17, 15) is 9.59 Å². The van der Waals surface area contributed by atoms with Gasteiger partial charge in [-0.05, 0) is 66.6 Å². The third-order valence-electron chi connectivity index (χ3n) is 6.01. The van der Waals surface area contributed by atoms with Crippen LogP contribution in [0.2, 0.25) is 0 Å². The molecular formula is C25H27NO5. The van der Waals surface area contributed by atoms with Crippen LogP contribution in [-0.2, 0) is 22.6 Å². The molecule has 31 heavy (non-hydrogen) atoms. The molecule has 3 aromatic rings. The van der Waals surface area contributed by atoms with Crippen molar-refractivity contribution < 1.29 is 24.5 Å². The first-order valence-electron chi connectivity index (χ1n) is 10.8. The van der Waals surface area contributed by atoms with Crippen molar-refractivity contribution >= 4 is 22.8 Å². The minimum atomic E-state index is -0.879. The fraction of sp³-hybridized carbons (Fsp3) is 0.360. The number of aliphatic carboxylic acids is 2. The minimum absolute atomic E-state index is 0.0801. The summed E-state index contributed by atoms with van der Waals surface area (Å²) in [7, 11) is 0. The number of carboxylic acid groups (broad SMARTS) is 2. The van der Waals surface area contributed by atoms with Crippen molar-refractivity contribution in [2.45, 2.75) is 45.1 Å². The van der Waals surface area contributed by atoms with E-state index in [4.69, 9.17) is 14.9 Å². The average Bonchev–Trinajstić information content (AvgIpc) is 3.40. The van der Waals surface area contributed by atoms with Crippen LogP contribution in [0.5, 0.6) is 5.75 Å². The lowest BCUT2D eigenvalue weighted by atomic mass is 9.98. The standard InChI is InChI=1S/C25H27NO5/c27-24(28)10-6-17-5-9-23(31-16-18-3-1-2-4-18)21(13-17)19-7-8-22-20(14-19)11-12-26(22)15-25(29)30/h5,7-9,11-14,18H,1-4,6,10,15-16H2,(H,27,28)(H,29,30). The van der Waals surface area contributed by atoms with Gasteiger partial charge in [0, 0.05) is 29.1 Å². The van der Waals surface area contributed by atoms with E-state index in [1.54, 1.807) is 10.8 Å². The lowest BCUT2D eigenvalue weighted by Crippen LogP contribution is -2.09. The summed E-state index contributed by atoms with van der Waals surface area (Å²) in [6.07, 6.45) is 7.26. The average molecular weight is 421 g/mol. The topological polar surface area (TPSA) is 88.8 Å². The summed E-state index contributed by atoms with van der Waals surface area (Å²) < 4.78 is 7.94. The highest BCUT2D eigenvalue weighted by Crippen LogP contribution is 2.35. The zero-order valence-electron chi connectivity index (χ0n) is 17.4. The van der Waals surface area contributed by atoms with Crippen LogP contribution in [-0.4, -0.2) is 33.3 Å². The molecule has 4 rings (SSSR count). The van der Waals surface area contributed by atoms with Crippen molar-refractivity contribution in [3.05, 3.63) is 54.2 Å². The molecule has 0 amide bonds. The summed E-state index contributed by atoms with van der Waals surface area (Å²) in [5, 5.41) is 19.1. The number of nitrogens with zero attached hydrogens (tertiary/aromatic N) is 1. The van der Waals surface area contributed by atoms with Gasteiger partial charge in [0.15, 0.2) is 0 Å². The van der Waals surface area contributed by atoms with E-state index in [1.807, 2.05) is 42.5 Å². The summed E-state index contributed by atoms with van der Waals surface area (Å²) in [5.41, 5.74) is 3.73. The molecule has 0 radical (unpaired) electrons. The van der Waals surface area contributed by atoms with Crippen LogP contribution in [0.4, 0.5) is 0 Å². The maximum Gasteiger partial charge on any atom is 0.323 e. The Balaban J connectivity index is 1.66. The molecule has 0 saturated heterocycles. The Labute approximate surface area is 181 Å². The number of benzene rings is 2. The molecular weight excluding hydrogens is 394 g/mol. The number of carbonyl (C=O) groups is 2. The molecule has 1 heterocycles. The van der Waals surface area contributed by atoms with Crippen molar-refractivity contribution in [2.75, 3.05) is 6.61 Å². The highest BCUT2D eigenvalue weighted by Gasteiger charge is 2.17. The normalized spacial score (nSPS) is 14.2. The van der Waals surface area contributed by atoms with E-state index in [1.165, 1.54) is 25.7 Å². The van der Waals surface area contributed by atoms with Gasteiger partial charge < -0.3 is 19.5 Å². The van der Waals surface area contributed by atoms with Crippen LogP contribution in [0.25, 0.3) is 22.0 Å². The van der Waals surface area contributed by atoms with Gasteiger partial charge in [0.2, 0.25) is 0 Å². The van der Waals surface area contributed by atoms with Crippen molar-refractivity contribution in [3.63, 3.8) is 0 Å². The van der Waals surface area contributed by atoms with Gasteiger partial charge in [0.05, 0.1) is 6.61 Å². The van der Waals surface area contributed by atoms with Crippen LogP contribution < -0.4 is 4.74 Å². The Bertz CT molecular complexity index is 1090. The quantitative estimate of drug-likeness (QED) is 0.509. The van der Waals surface area contributed by atoms with E-state index in [-0.39, 0.29) is 13.0 Å². The number of aryl methyl sites for hydroxylation is 1. The molecule has 0 atom stereocenters. The van der Waals surface area contributed by atoms with E-state index < -0.39 is 11.9 Å². The largest absolute Gasteiger partial charge is 0.493 e. The molecule has 1 aliphatic carbocycles. The summed E-state index contributed by atoms with van der Waals surface area (Å²) in [6.45, 7) is 0.613. The first-order chi connectivity index (χ1) is 15.0. The number of aromatic nitrogens is 1. The number of ether oxygens (including phenoxy) is 1. The SMILES string of the molecule is O=C(O)CCc1ccc(OCC2CCCC2)c(-c2ccc3c(ccn3CC(=O)O)c2)c1. The Morgan fingerprint density at radius 1 is 1.00 bits per heavy atom. The summed E-state index contributed by atoms with van der Waals surface area (Å²) in [6, 6.07) is 13.8. The van der Waals surface area contributed by atoms with Crippen molar-refractivity contribution in [3.8, 4) is 16.9 Å². The molecule has 0 unspecified atom stereocenters. The molecule has 162 valence electrons. The van der Waals surface area contributed by atoms with Gasteiger partial charge in [-0.25, -0.2) is 0 Å². The van der Waals surface area contributed by atoms with Gasteiger partial charge in [0.1, 0.15) is 12.3 Å². The molecule has 6 nitrogen and oxygen atoms in total. The minimum Gasteiger partial charge on any atom is -0.493 e. The molecule has 0 spiro atoms. The molecule has 1 aliphatic rings. The Hall–Kier alpha value is -3.28. The second kappa shape index (κ2) is 9.25. The van der Waals surface area contributed by atoms with Gasteiger partial charge in [-0.1, -0.05) is 25.0 Å². The van der Waals surface area contributed by atoms with Crippen molar-refractivity contribution in [2.24, 2.45) is 5.92 Å². The van der Waals surface area contributed by atoms with Crippen LogP contribution >= 0.6 is 0 Å². The molecule has 2 N–H and O–H groups in total. The predicted molar refractivity (Wildman–Crippen MR) is 118 cm³/mol. The first-order valence-corrected chi connectivity index (χ1v) is 10.8. The molecule has 2 aromatic carbocycles. The van der Waals surface area contributed by atoms with Crippen molar-refractivity contribution in [1.29, 1.82) is 0 Å². The van der Waals surface area contributed by atoms with Gasteiger partial charge in [0.25, 0.3) is 0 Å². The number of carboxylic acids is 2. The van der Waals surface area contributed by atoms with Gasteiger partial charge in [-0.15, -0.1) is 0 Å². The lowest BCUT2D eigenvalue weighted by Gasteiger charge is -2.16. The number of hydrogen-bond donors (Lipinski definition) is 2. The highest BCUT2D eigenvalue weighted by atomic mass is 16.5. The zero-order chi connectivity index (χ0) is 21.8. The monoisotopic (exact) mass is 421 g/mol. The zero-order valence-corrected chi connectivity index (χ0v) is 17.4. The Kier molecular flexibility index (Phi) is 6.26. The maximum absolute atomic E-state index is 11.1. The van der Waals surface area contributed by atoms with E-state index in [0.29, 0.717) is 18.9 Å². The molecule has 0 aliphatic heterocycles. The second-order valence-electron chi connectivity index (χ2n) is 8.30. The number of rotatable bonds is 9. The molecule has 1 aromatic heterocycles. The Morgan fingerprint density at radius 3 is 2.55 bits per heavy atom. The van der Waals surface area contributed by atoms with Crippen molar-refractivity contribution in [1.82, 2.24) is 4.57 Å². The molecule has 0 bridgehead atoms. The third-order valence-corrected chi connectivity index (χ3v) is 6.01. The van der Waals surface area contributed by atoms with Crippen LogP contribution in [0.3, 0.4) is 0 Å². The van der Waals surface area contributed by atoms with Gasteiger partial charge in [-0.3, -0.25) is 9.59 Å². The van der Waals surface area contributed by atoms with Gasteiger partial charge in [-0.2, -0.15) is 0 Å². The predicted octanol–water partition coefficient (Wildman–Crippen LogP) is 4.98. The van der Waals surface area contributed by atoms with E-state index >= 15 is 0 Å². The first kappa shape index (κ1) is 21.0.